The number of piperidine rings is 1. The van der Waals surface area contributed by atoms with Gasteiger partial charge in [0, 0.05) is 13.1 Å². The fourth-order valence-electron chi connectivity index (χ4n) is 5.97. The number of benzene rings is 1. The lowest BCUT2D eigenvalue weighted by Gasteiger charge is -2.44. The first-order valence-electron chi connectivity index (χ1n) is 10.0. The zero-order valence-corrected chi connectivity index (χ0v) is 15.6. The predicted molar refractivity (Wildman–Crippen MR) is 99.5 cm³/mol. The van der Waals surface area contributed by atoms with E-state index in [1.165, 1.54) is 18.4 Å². The molecule has 4 rings (SSSR count). The number of carbonyl (C=O) groups is 2. The highest BCUT2D eigenvalue weighted by Gasteiger charge is 2.56. The topological polar surface area (TPSA) is 57.6 Å². The number of amides is 1. The first-order chi connectivity index (χ1) is 12.5. The van der Waals surface area contributed by atoms with Crippen molar-refractivity contribution in [2.75, 3.05) is 13.1 Å². The van der Waals surface area contributed by atoms with Gasteiger partial charge in [-0.2, -0.15) is 0 Å². The average Bonchev–Trinajstić information content (AvgIpc) is 3.23. The number of hydrogen-bond acceptors (Lipinski definition) is 2. The van der Waals surface area contributed by atoms with Gasteiger partial charge < -0.3 is 10.0 Å². The zero-order chi connectivity index (χ0) is 18.3. The van der Waals surface area contributed by atoms with Gasteiger partial charge >= 0.3 is 5.97 Å². The van der Waals surface area contributed by atoms with E-state index in [0.29, 0.717) is 31.3 Å². The van der Waals surface area contributed by atoms with E-state index in [1.807, 2.05) is 23.1 Å². The first kappa shape index (κ1) is 17.6. The van der Waals surface area contributed by atoms with E-state index in [4.69, 9.17) is 0 Å². The largest absolute Gasteiger partial charge is 0.481 e. The van der Waals surface area contributed by atoms with Crippen LogP contribution in [0.2, 0.25) is 0 Å². The smallest absolute Gasteiger partial charge is 0.308 e. The SMILES string of the molecule is CC1CC(C(=O)O)CN(C(=O)C2(Cc3ccccc3)CC3CCC2C3)C1. The molecule has 4 heteroatoms. The second kappa shape index (κ2) is 6.71. The third kappa shape index (κ3) is 3.04. The Labute approximate surface area is 155 Å². The Balaban J connectivity index is 1.62. The van der Waals surface area contributed by atoms with Gasteiger partial charge in [-0.15, -0.1) is 0 Å². The Bertz CT molecular complexity index is 688. The lowest BCUT2D eigenvalue weighted by atomic mass is 9.68. The summed E-state index contributed by atoms with van der Waals surface area (Å²) in [5, 5.41) is 9.49. The molecule has 2 bridgehead atoms. The van der Waals surface area contributed by atoms with E-state index in [-0.39, 0.29) is 17.2 Å². The summed E-state index contributed by atoms with van der Waals surface area (Å²) in [5.74, 6) is 0.424. The van der Waals surface area contributed by atoms with Gasteiger partial charge in [0.25, 0.3) is 0 Å². The van der Waals surface area contributed by atoms with E-state index >= 15 is 0 Å². The van der Waals surface area contributed by atoms with Crippen LogP contribution >= 0.6 is 0 Å². The molecule has 5 unspecified atom stereocenters. The number of carbonyl (C=O) groups excluding carboxylic acids is 1. The molecule has 1 amide bonds. The summed E-state index contributed by atoms with van der Waals surface area (Å²) in [6, 6.07) is 10.4. The summed E-state index contributed by atoms with van der Waals surface area (Å²) >= 11 is 0. The van der Waals surface area contributed by atoms with Gasteiger partial charge in [0.15, 0.2) is 0 Å². The molecule has 5 atom stereocenters. The molecule has 1 aromatic carbocycles. The molecular formula is C22H29NO3. The molecule has 2 aliphatic carbocycles. The predicted octanol–water partition coefficient (Wildman–Crippen LogP) is 3.60. The highest BCUT2D eigenvalue weighted by molar-refractivity contribution is 5.85. The Hall–Kier alpha value is -1.84. The number of carboxylic acids is 1. The van der Waals surface area contributed by atoms with Gasteiger partial charge in [-0.3, -0.25) is 9.59 Å². The molecule has 4 nitrogen and oxygen atoms in total. The van der Waals surface area contributed by atoms with Gasteiger partial charge in [0.2, 0.25) is 5.91 Å². The maximum Gasteiger partial charge on any atom is 0.308 e. The maximum atomic E-state index is 13.8. The quantitative estimate of drug-likeness (QED) is 0.898. The summed E-state index contributed by atoms with van der Waals surface area (Å²) in [7, 11) is 0. The molecule has 1 heterocycles. The van der Waals surface area contributed by atoms with E-state index < -0.39 is 11.9 Å². The Kier molecular flexibility index (Phi) is 4.54. The van der Waals surface area contributed by atoms with Gasteiger partial charge in [-0.25, -0.2) is 0 Å². The van der Waals surface area contributed by atoms with Crippen molar-refractivity contribution in [3.05, 3.63) is 35.9 Å². The standard InChI is InChI=1S/C22H29NO3/c1-15-9-18(20(24)25)14-23(13-15)21(26)22(11-16-5-3-2-4-6-16)12-17-7-8-19(22)10-17/h2-6,15,17-19H,7-14H2,1H3,(H,24,25). The lowest BCUT2D eigenvalue weighted by molar-refractivity contribution is -0.153. The third-order valence-corrected chi connectivity index (χ3v) is 7.06. The second-order valence-corrected chi connectivity index (χ2v) is 8.98. The molecule has 1 aliphatic heterocycles. The monoisotopic (exact) mass is 355 g/mol. The van der Waals surface area contributed by atoms with Crippen molar-refractivity contribution in [3.8, 4) is 0 Å². The van der Waals surface area contributed by atoms with Crippen LogP contribution in [0.1, 0.15) is 44.6 Å². The molecule has 3 aliphatic rings. The van der Waals surface area contributed by atoms with Crippen LogP contribution in [0.4, 0.5) is 0 Å². The maximum absolute atomic E-state index is 13.8. The number of likely N-dealkylation sites (tertiary alicyclic amines) is 1. The van der Waals surface area contributed by atoms with Gasteiger partial charge in [0.1, 0.15) is 0 Å². The van der Waals surface area contributed by atoms with Crippen LogP contribution < -0.4 is 0 Å². The van der Waals surface area contributed by atoms with Crippen LogP contribution in [0, 0.1) is 29.1 Å². The summed E-state index contributed by atoms with van der Waals surface area (Å²) in [4.78, 5) is 27.2. The summed E-state index contributed by atoms with van der Waals surface area (Å²) in [6.07, 6.45) is 6.03. The second-order valence-electron chi connectivity index (χ2n) is 8.98. The van der Waals surface area contributed by atoms with Crippen LogP contribution in [-0.2, 0) is 16.0 Å². The Morgan fingerprint density at radius 1 is 1.15 bits per heavy atom. The van der Waals surface area contributed by atoms with Crippen molar-refractivity contribution in [1.82, 2.24) is 4.90 Å². The van der Waals surface area contributed by atoms with Crippen molar-refractivity contribution in [1.29, 1.82) is 0 Å². The minimum atomic E-state index is -0.764. The fourth-order valence-corrected chi connectivity index (χ4v) is 5.97. The lowest BCUT2D eigenvalue weighted by Crippen LogP contribution is -2.53. The third-order valence-electron chi connectivity index (χ3n) is 7.06. The molecule has 26 heavy (non-hydrogen) atoms. The van der Waals surface area contributed by atoms with Crippen molar-refractivity contribution in [3.63, 3.8) is 0 Å². The van der Waals surface area contributed by atoms with E-state index in [1.54, 1.807) is 0 Å². The van der Waals surface area contributed by atoms with Crippen molar-refractivity contribution in [2.24, 2.45) is 29.1 Å². The molecule has 1 saturated heterocycles. The van der Waals surface area contributed by atoms with Crippen LogP contribution in [0.5, 0.6) is 0 Å². The zero-order valence-electron chi connectivity index (χ0n) is 15.6. The van der Waals surface area contributed by atoms with E-state index in [2.05, 4.69) is 19.1 Å². The number of hydrogen-bond donors (Lipinski definition) is 1. The molecule has 0 spiro atoms. The molecule has 2 saturated carbocycles. The molecule has 1 N–H and O–H groups in total. The highest BCUT2D eigenvalue weighted by Crippen LogP contribution is 2.58. The number of carboxylic acid groups (broad SMARTS) is 1. The highest BCUT2D eigenvalue weighted by atomic mass is 16.4. The fraction of sp³-hybridized carbons (Fsp3) is 0.636. The van der Waals surface area contributed by atoms with Crippen LogP contribution in [0.15, 0.2) is 30.3 Å². The normalized spacial score (nSPS) is 36.3. The van der Waals surface area contributed by atoms with E-state index in [0.717, 1.165) is 19.3 Å². The minimum absolute atomic E-state index is 0.228. The van der Waals surface area contributed by atoms with Crippen LogP contribution in [0.25, 0.3) is 0 Å². The molecular weight excluding hydrogens is 326 g/mol. The van der Waals surface area contributed by atoms with Crippen LogP contribution in [-0.4, -0.2) is 35.0 Å². The van der Waals surface area contributed by atoms with Gasteiger partial charge in [-0.05, 0) is 55.4 Å². The van der Waals surface area contributed by atoms with Crippen LogP contribution in [0.3, 0.4) is 0 Å². The minimum Gasteiger partial charge on any atom is -0.481 e. The summed E-state index contributed by atoms with van der Waals surface area (Å²) in [6.45, 7) is 3.16. The van der Waals surface area contributed by atoms with Crippen molar-refractivity contribution < 1.29 is 14.7 Å². The summed E-state index contributed by atoms with van der Waals surface area (Å²) in [5.41, 5.74) is 0.915. The van der Waals surface area contributed by atoms with Crippen molar-refractivity contribution in [2.45, 2.75) is 45.4 Å². The van der Waals surface area contributed by atoms with E-state index in [9.17, 15) is 14.7 Å². The number of aliphatic carboxylic acids is 1. The number of nitrogens with zero attached hydrogens (tertiary/aromatic N) is 1. The first-order valence-corrected chi connectivity index (χ1v) is 10.0. The molecule has 0 aromatic heterocycles. The van der Waals surface area contributed by atoms with Gasteiger partial charge in [-0.1, -0.05) is 43.7 Å². The molecule has 1 aromatic rings. The molecule has 0 radical (unpaired) electrons. The molecule has 3 fully saturated rings. The average molecular weight is 355 g/mol. The van der Waals surface area contributed by atoms with Gasteiger partial charge in [0.05, 0.1) is 11.3 Å². The number of fused-ring (bicyclic) bond motifs is 2. The van der Waals surface area contributed by atoms with Crippen molar-refractivity contribution >= 4 is 11.9 Å². The Morgan fingerprint density at radius 2 is 1.92 bits per heavy atom. The summed E-state index contributed by atoms with van der Waals surface area (Å²) < 4.78 is 0. The molecule has 140 valence electrons. The Morgan fingerprint density at radius 3 is 2.54 bits per heavy atom. The number of rotatable bonds is 4.